The van der Waals surface area contributed by atoms with Gasteiger partial charge >= 0.3 is 0 Å². The predicted molar refractivity (Wildman–Crippen MR) is 50.7 cm³/mol. The molecular formula is C9H20N2O. The molecule has 12 heavy (non-hydrogen) atoms. The topological polar surface area (TPSA) is 55.1 Å². The van der Waals surface area contributed by atoms with Gasteiger partial charge in [0.2, 0.25) is 5.91 Å². The van der Waals surface area contributed by atoms with Crippen molar-refractivity contribution >= 4 is 5.91 Å². The largest absolute Gasteiger partial charge is 0.368 e. The molecule has 0 fully saturated rings. The second-order valence-electron chi connectivity index (χ2n) is 3.54. The molecule has 0 spiro atoms. The second-order valence-corrected chi connectivity index (χ2v) is 3.54. The SMILES string of the molecule is CCCN[C@@H](CC(C)C)C(N)=O. The van der Waals surface area contributed by atoms with E-state index in [0.29, 0.717) is 5.92 Å². The van der Waals surface area contributed by atoms with Crippen LogP contribution >= 0.6 is 0 Å². The van der Waals surface area contributed by atoms with Crippen LogP contribution in [0.5, 0.6) is 0 Å². The van der Waals surface area contributed by atoms with E-state index in [0.717, 1.165) is 19.4 Å². The number of hydrogen-bond acceptors (Lipinski definition) is 2. The Balaban J connectivity index is 3.78. The van der Waals surface area contributed by atoms with E-state index >= 15 is 0 Å². The Morgan fingerprint density at radius 3 is 2.42 bits per heavy atom. The van der Waals surface area contributed by atoms with Gasteiger partial charge < -0.3 is 11.1 Å². The Hall–Kier alpha value is -0.570. The molecule has 0 aromatic carbocycles. The van der Waals surface area contributed by atoms with E-state index in [1.807, 2.05) is 0 Å². The van der Waals surface area contributed by atoms with Gasteiger partial charge in [0, 0.05) is 0 Å². The highest BCUT2D eigenvalue weighted by molar-refractivity contribution is 5.79. The van der Waals surface area contributed by atoms with Crippen LogP contribution in [0.15, 0.2) is 0 Å². The van der Waals surface area contributed by atoms with E-state index in [4.69, 9.17) is 5.73 Å². The van der Waals surface area contributed by atoms with Crippen LogP contribution in [-0.4, -0.2) is 18.5 Å². The Kier molecular flexibility index (Phi) is 5.72. The molecule has 1 amide bonds. The highest BCUT2D eigenvalue weighted by atomic mass is 16.1. The average molecular weight is 172 g/mol. The summed E-state index contributed by atoms with van der Waals surface area (Å²) in [6.07, 6.45) is 1.86. The zero-order valence-electron chi connectivity index (χ0n) is 8.26. The van der Waals surface area contributed by atoms with E-state index < -0.39 is 0 Å². The van der Waals surface area contributed by atoms with Crippen molar-refractivity contribution in [3.8, 4) is 0 Å². The van der Waals surface area contributed by atoms with Gasteiger partial charge in [-0.1, -0.05) is 20.8 Å². The molecule has 72 valence electrons. The average Bonchev–Trinajstić information content (AvgIpc) is 1.96. The fraction of sp³-hybridized carbons (Fsp3) is 0.889. The monoisotopic (exact) mass is 172 g/mol. The van der Waals surface area contributed by atoms with Crippen LogP contribution in [0, 0.1) is 5.92 Å². The summed E-state index contributed by atoms with van der Waals surface area (Å²) in [5, 5.41) is 3.13. The van der Waals surface area contributed by atoms with Gasteiger partial charge in [0.1, 0.15) is 0 Å². The van der Waals surface area contributed by atoms with Crippen molar-refractivity contribution in [2.24, 2.45) is 11.7 Å². The molecule has 0 saturated carbocycles. The molecule has 0 radical (unpaired) electrons. The number of primary amides is 1. The quantitative estimate of drug-likeness (QED) is 0.625. The van der Waals surface area contributed by atoms with E-state index in [1.54, 1.807) is 0 Å². The zero-order chi connectivity index (χ0) is 9.56. The predicted octanol–water partition coefficient (Wildman–Crippen LogP) is 0.886. The third-order valence-corrected chi connectivity index (χ3v) is 1.69. The molecule has 0 aliphatic carbocycles. The van der Waals surface area contributed by atoms with Gasteiger partial charge in [-0.05, 0) is 25.3 Å². The molecule has 3 heteroatoms. The summed E-state index contributed by atoms with van der Waals surface area (Å²) in [4.78, 5) is 10.9. The van der Waals surface area contributed by atoms with E-state index in [2.05, 4.69) is 26.1 Å². The lowest BCUT2D eigenvalue weighted by Gasteiger charge is -2.16. The maximum atomic E-state index is 10.9. The fourth-order valence-corrected chi connectivity index (χ4v) is 1.09. The minimum atomic E-state index is -0.239. The number of nitrogens with two attached hydrogens (primary N) is 1. The van der Waals surface area contributed by atoms with Crippen molar-refractivity contribution in [2.75, 3.05) is 6.54 Å². The van der Waals surface area contributed by atoms with Crippen LogP contribution < -0.4 is 11.1 Å². The first-order valence-electron chi connectivity index (χ1n) is 4.60. The normalized spacial score (nSPS) is 13.3. The molecular weight excluding hydrogens is 152 g/mol. The number of hydrogen-bond donors (Lipinski definition) is 2. The maximum absolute atomic E-state index is 10.9. The summed E-state index contributed by atoms with van der Waals surface area (Å²) in [5.41, 5.74) is 5.22. The van der Waals surface area contributed by atoms with Crippen LogP contribution in [0.1, 0.15) is 33.6 Å². The van der Waals surface area contributed by atoms with Crippen molar-refractivity contribution < 1.29 is 4.79 Å². The highest BCUT2D eigenvalue weighted by Crippen LogP contribution is 2.03. The van der Waals surface area contributed by atoms with Crippen molar-refractivity contribution in [1.82, 2.24) is 5.32 Å². The third kappa shape index (κ3) is 5.13. The molecule has 0 rings (SSSR count). The van der Waals surface area contributed by atoms with Gasteiger partial charge in [-0.15, -0.1) is 0 Å². The van der Waals surface area contributed by atoms with E-state index in [-0.39, 0.29) is 11.9 Å². The van der Waals surface area contributed by atoms with Crippen LogP contribution in [0.4, 0.5) is 0 Å². The lowest BCUT2D eigenvalue weighted by Crippen LogP contribution is -2.42. The van der Waals surface area contributed by atoms with E-state index in [1.165, 1.54) is 0 Å². The molecule has 0 aromatic rings. The first-order valence-corrected chi connectivity index (χ1v) is 4.60. The van der Waals surface area contributed by atoms with Crippen LogP contribution in [0.25, 0.3) is 0 Å². The van der Waals surface area contributed by atoms with Gasteiger partial charge in [0.15, 0.2) is 0 Å². The number of rotatable bonds is 6. The van der Waals surface area contributed by atoms with Crippen LogP contribution in [0.2, 0.25) is 0 Å². The number of amides is 1. The maximum Gasteiger partial charge on any atom is 0.234 e. The van der Waals surface area contributed by atoms with Crippen molar-refractivity contribution in [2.45, 2.75) is 39.7 Å². The number of carbonyl (C=O) groups excluding carboxylic acids is 1. The zero-order valence-corrected chi connectivity index (χ0v) is 8.26. The summed E-state index contributed by atoms with van der Waals surface area (Å²) < 4.78 is 0. The molecule has 0 aliphatic rings. The van der Waals surface area contributed by atoms with Gasteiger partial charge in [-0.2, -0.15) is 0 Å². The lowest BCUT2D eigenvalue weighted by molar-refractivity contribution is -0.120. The molecule has 3 N–H and O–H groups in total. The van der Waals surface area contributed by atoms with Gasteiger partial charge in [0.25, 0.3) is 0 Å². The highest BCUT2D eigenvalue weighted by Gasteiger charge is 2.14. The summed E-state index contributed by atoms with van der Waals surface area (Å²) in [7, 11) is 0. The molecule has 0 heterocycles. The molecule has 0 aliphatic heterocycles. The summed E-state index contributed by atoms with van der Waals surface area (Å²) >= 11 is 0. The minimum absolute atomic E-state index is 0.148. The lowest BCUT2D eigenvalue weighted by atomic mass is 10.0. The first kappa shape index (κ1) is 11.4. The first-order chi connectivity index (χ1) is 5.57. The fourth-order valence-electron chi connectivity index (χ4n) is 1.09. The third-order valence-electron chi connectivity index (χ3n) is 1.69. The molecule has 3 nitrogen and oxygen atoms in total. The Labute approximate surface area is 74.7 Å². The summed E-state index contributed by atoms with van der Waals surface area (Å²) in [6, 6.07) is -0.148. The summed E-state index contributed by atoms with van der Waals surface area (Å²) in [6.45, 7) is 7.11. The number of nitrogens with one attached hydrogen (secondary N) is 1. The molecule has 0 unspecified atom stereocenters. The Morgan fingerprint density at radius 1 is 1.50 bits per heavy atom. The number of carbonyl (C=O) groups is 1. The summed E-state index contributed by atoms with van der Waals surface area (Å²) in [5.74, 6) is 0.268. The van der Waals surface area contributed by atoms with Crippen molar-refractivity contribution in [3.63, 3.8) is 0 Å². The minimum Gasteiger partial charge on any atom is -0.368 e. The molecule has 1 atom stereocenters. The van der Waals surface area contributed by atoms with Gasteiger partial charge in [-0.3, -0.25) is 4.79 Å². The van der Waals surface area contributed by atoms with Crippen molar-refractivity contribution in [1.29, 1.82) is 0 Å². The van der Waals surface area contributed by atoms with Gasteiger partial charge in [0.05, 0.1) is 6.04 Å². The van der Waals surface area contributed by atoms with Crippen LogP contribution in [-0.2, 0) is 4.79 Å². The standard InChI is InChI=1S/C9H20N2O/c1-4-5-11-8(9(10)12)6-7(2)3/h7-8,11H,4-6H2,1-3H3,(H2,10,12)/t8-/m0/s1. The molecule has 0 saturated heterocycles. The van der Waals surface area contributed by atoms with Gasteiger partial charge in [-0.25, -0.2) is 0 Å². The van der Waals surface area contributed by atoms with Crippen molar-refractivity contribution in [3.05, 3.63) is 0 Å². The van der Waals surface area contributed by atoms with Crippen LogP contribution in [0.3, 0.4) is 0 Å². The smallest absolute Gasteiger partial charge is 0.234 e. The second kappa shape index (κ2) is 6.00. The molecule has 0 aromatic heterocycles. The van der Waals surface area contributed by atoms with E-state index in [9.17, 15) is 4.79 Å². The Morgan fingerprint density at radius 2 is 2.08 bits per heavy atom. The molecule has 0 bridgehead atoms. The Bertz CT molecular complexity index is 134.